The van der Waals surface area contributed by atoms with Crippen molar-refractivity contribution in [1.29, 1.82) is 0 Å². The minimum Gasteiger partial charge on any atom is -0.491 e. The number of rotatable bonds is 8. The fourth-order valence-electron chi connectivity index (χ4n) is 2.87. The van der Waals surface area contributed by atoms with Gasteiger partial charge in [-0.2, -0.15) is 0 Å². The quantitative estimate of drug-likeness (QED) is 0.687. The van der Waals surface area contributed by atoms with E-state index >= 15 is 0 Å². The molecule has 1 fully saturated rings. The molecule has 128 valence electrons. The predicted molar refractivity (Wildman–Crippen MR) is 99.2 cm³/mol. The fourth-order valence-corrected chi connectivity index (χ4v) is 3.10. The third-order valence-electron chi connectivity index (χ3n) is 4.20. The van der Waals surface area contributed by atoms with Gasteiger partial charge in [-0.25, -0.2) is 0 Å². The summed E-state index contributed by atoms with van der Waals surface area (Å²) in [5.41, 5.74) is 2.29. The summed E-state index contributed by atoms with van der Waals surface area (Å²) in [7, 11) is 0. The highest BCUT2D eigenvalue weighted by Crippen LogP contribution is 2.20. The maximum atomic E-state index is 6.18. The Morgan fingerprint density at radius 2 is 2.08 bits per heavy atom. The van der Waals surface area contributed by atoms with Gasteiger partial charge in [0.15, 0.2) is 0 Å². The summed E-state index contributed by atoms with van der Waals surface area (Å²) in [5, 5.41) is 4.30. The Labute approximate surface area is 148 Å². The van der Waals surface area contributed by atoms with E-state index in [1.54, 1.807) is 0 Å². The van der Waals surface area contributed by atoms with E-state index in [2.05, 4.69) is 17.4 Å². The van der Waals surface area contributed by atoms with Crippen LogP contribution in [0.15, 0.2) is 48.5 Å². The lowest BCUT2D eigenvalue weighted by Gasteiger charge is -2.13. The van der Waals surface area contributed by atoms with Crippen LogP contribution >= 0.6 is 11.6 Å². The van der Waals surface area contributed by atoms with Gasteiger partial charge in [0, 0.05) is 29.9 Å². The summed E-state index contributed by atoms with van der Waals surface area (Å²) in [6, 6.07) is 16.1. The number of anilines is 1. The molecule has 1 saturated heterocycles. The molecule has 0 bridgehead atoms. The van der Waals surface area contributed by atoms with Crippen molar-refractivity contribution in [3.8, 4) is 5.75 Å². The molecule has 0 aromatic heterocycles. The maximum Gasteiger partial charge on any atom is 0.121 e. The topological polar surface area (TPSA) is 30.5 Å². The molecule has 0 aliphatic carbocycles. The SMILES string of the molecule is Clc1ccccc1CCCNc1cccc(OCC2CCCO2)c1. The fraction of sp³-hybridized carbons (Fsp3) is 0.400. The number of benzene rings is 2. The van der Waals surface area contributed by atoms with Crippen LogP contribution in [0.3, 0.4) is 0 Å². The second-order valence-electron chi connectivity index (χ2n) is 6.10. The van der Waals surface area contributed by atoms with E-state index in [4.69, 9.17) is 21.1 Å². The molecule has 3 rings (SSSR count). The van der Waals surface area contributed by atoms with Gasteiger partial charge in [0.25, 0.3) is 0 Å². The van der Waals surface area contributed by atoms with Gasteiger partial charge in [0.05, 0.1) is 6.10 Å². The van der Waals surface area contributed by atoms with Crippen LogP contribution < -0.4 is 10.1 Å². The van der Waals surface area contributed by atoms with Crippen molar-refractivity contribution < 1.29 is 9.47 Å². The van der Waals surface area contributed by atoms with Crippen LogP contribution in [0.25, 0.3) is 0 Å². The minimum atomic E-state index is 0.247. The molecule has 2 aromatic rings. The van der Waals surface area contributed by atoms with Gasteiger partial charge in [-0.15, -0.1) is 0 Å². The first-order valence-electron chi connectivity index (χ1n) is 8.63. The number of hydrogen-bond donors (Lipinski definition) is 1. The van der Waals surface area contributed by atoms with E-state index in [9.17, 15) is 0 Å². The smallest absolute Gasteiger partial charge is 0.121 e. The Balaban J connectivity index is 1.42. The lowest BCUT2D eigenvalue weighted by atomic mass is 10.1. The molecule has 24 heavy (non-hydrogen) atoms. The first-order chi connectivity index (χ1) is 11.8. The summed E-state index contributed by atoms with van der Waals surface area (Å²) in [4.78, 5) is 0. The van der Waals surface area contributed by atoms with E-state index in [1.165, 1.54) is 5.56 Å². The van der Waals surface area contributed by atoms with Crippen molar-refractivity contribution in [2.45, 2.75) is 31.8 Å². The van der Waals surface area contributed by atoms with Crippen LogP contribution in [-0.2, 0) is 11.2 Å². The van der Waals surface area contributed by atoms with Gasteiger partial charge in [0.2, 0.25) is 0 Å². The van der Waals surface area contributed by atoms with Crippen LogP contribution in [0.2, 0.25) is 5.02 Å². The van der Waals surface area contributed by atoms with Crippen LogP contribution in [0, 0.1) is 0 Å². The number of hydrogen-bond acceptors (Lipinski definition) is 3. The van der Waals surface area contributed by atoms with Crippen LogP contribution in [-0.4, -0.2) is 25.9 Å². The number of aryl methyl sites for hydroxylation is 1. The minimum absolute atomic E-state index is 0.247. The molecule has 1 atom stereocenters. The van der Waals surface area contributed by atoms with Crippen molar-refractivity contribution >= 4 is 17.3 Å². The largest absolute Gasteiger partial charge is 0.491 e. The Bertz CT molecular complexity index is 641. The van der Waals surface area contributed by atoms with Gasteiger partial charge in [0.1, 0.15) is 12.4 Å². The van der Waals surface area contributed by atoms with E-state index in [0.29, 0.717) is 6.61 Å². The molecule has 2 aromatic carbocycles. The van der Waals surface area contributed by atoms with Gasteiger partial charge in [-0.1, -0.05) is 35.9 Å². The van der Waals surface area contributed by atoms with E-state index < -0.39 is 0 Å². The Morgan fingerprint density at radius 1 is 1.17 bits per heavy atom. The van der Waals surface area contributed by atoms with Crippen molar-refractivity contribution in [1.82, 2.24) is 0 Å². The molecule has 0 amide bonds. The number of halogens is 1. The first kappa shape index (κ1) is 17.1. The standard InChI is InChI=1S/C20H24ClNO2/c21-20-11-2-1-6-16(20)7-4-12-22-17-8-3-9-18(14-17)24-15-19-10-5-13-23-19/h1-3,6,8-9,11,14,19,22H,4-5,7,10,12-13,15H2. The summed E-state index contributed by atoms with van der Waals surface area (Å²) < 4.78 is 11.4. The maximum absolute atomic E-state index is 6.18. The highest BCUT2D eigenvalue weighted by Gasteiger charge is 2.15. The first-order valence-corrected chi connectivity index (χ1v) is 9.01. The molecule has 1 heterocycles. The van der Waals surface area contributed by atoms with Gasteiger partial charge in [-0.3, -0.25) is 0 Å². The van der Waals surface area contributed by atoms with Gasteiger partial charge < -0.3 is 14.8 Å². The van der Waals surface area contributed by atoms with Gasteiger partial charge >= 0.3 is 0 Å². The lowest BCUT2D eigenvalue weighted by Crippen LogP contribution is -2.16. The molecule has 0 spiro atoms. The summed E-state index contributed by atoms with van der Waals surface area (Å²) in [6.07, 6.45) is 4.49. The van der Waals surface area contributed by atoms with Crippen LogP contribution in [0.1, 0.15) is 24.8 Å². The Kier molecular flexibility index (Phi) is 6.39. The van der Waals surface area contributed by atoms with Crippen molar-refractivity contribution in [2.75, 3.05) is 25.1 Å². The highest BCUT2D eigenvalue weighted by atomic mass is 35.5. The zero-order valence-electron chi connectivity index (χ0n) is 13.8. The molecule has 1 aliphatic rings. The zero-order chi connectivity index (χ0) is 16.6. The third kappa shape index (κ3) is 5.15. The van der Waals surface area contributed by atoms with Crippen LogP contribution in [0.4, 0.5) is 5.69 Å². The summed E-state index contributed by atoms with van der Waals surface area (Å²) >= 11 is 6.18. The van der Waals surface area contributed by atoms with Crippen molar-refractivity contribution in [2.24, 2.45) is 0 Å². The summed E-state index contributed by atoms with van der Waals surface area (Å²) in [6.45, 7) is 2.40. The number of nitrogens with one attached hydrogen (secondary N) is 1. The molecule has 0 radical (unpaired) electrons. The predicted octanol–water partition coefficient (Wildman–Crippen LogP) is 4.94. The average Bonchev–Trinajstić information content (AvgIpc) is 3.12. The monoisotopic (exact) mass is 345 g/mol. The van der Waals surface area contributed by atoms with E-state index in [-0.39, 0.29) is 6.10 Å². The second-order valence-corrected chi connectivity index (χ2v) is 6.50. The molecule has 1 aliphatic heterocycles. The Morgan fingerprint density at radius 3 is 2.92 bits per heavy atom. The third-order valence-corrected chi connectivity index (χ3v) is 4.57. The van der Waals surface area contributed by atoms with Gasteiger partial charge in [-0.05, 0) is 49.4 Å². The van der Waals surface area contributed by atoms with Crippen molar-refractivity contribution in [3.63, 3.8) is 0 Å². The molecule has 4 heteroatoms. The summed E-state index contributed by atoms with van der Waals surface area (Å²) in [5.74, 6) is 0.890. The van der Waals surface area contributed by atoms with E-state index in [0.717, 1.165) is 55.3 Å². The molecular weight excluding hydrogens is 322 g/mol. The Hall–Kier alpha value is -1.71. The molecule has 1 unspecified atom stereocenters. The molecule has 3 nitrogen and oxygen atoms in total. The average molecular weight is 346 g/mol. The highest BCUT2D eigenvalue weighted by molar-refractivity contribution is 6.31. The number of ether oxygens (including phenoxy) is 2. The lowest BCUT2D eigenvalue weighted by molar-refractivity contribution is 0.0680. The molecule has 1 N–H and O–H groups in total. The normalized spacial score (nSPS) is 17.0. The van der Waals surface area contributed by atoms with Crippen LogP contribution in [0.5, 0.6) is 5.75 Å². The second kappa shape index (κ2) is 8.95. The molecular formula is C20H24ClNO2. The van der Waals surface area contributed by atoms with Crippen molar-refractivity contribution in [3.05, 3.63) is 59.1 Å². The zero-order valence-corrected chi connectivity index (χ0v) is 14.6. The van der Waals surface area contributed by atoms with E-state index in [1.807, 2.05) is 36.4 Å². The molecule has 0 saturated carbocycles.